The first kappa shape index (κ1) is 26.2. The Hall–Kier alpha value is -2.02. The lowest BCUT2D eigenvalue weighted by Crippen LogP contribution is -2.51. The average Bonchev–Trinajstić information content (AvgIpc) is 2.84. The van der Waals surface area contributed by atoms with Gasteiger partial charge in [0.1, 0.15) is 6.61 Å². The minimum atomic E-state index is -1.65. The second kappa shape index (κ2) is 14.2. The van der Waals surface area contributed by atoms with Crippen LogP contribution < -0.4 is 0 Å². The number of likely N-dealkylation sites (tertiary alicyclic amines) is 1. The number of carbonyl (C=O) groups is 2. The van der Waals surface area contributed by atoms with Gasteiger partial charge in [-0.3, -0.25) is 9.69 Å². The van der Waals surface area contributed by atoms with Crippen LogP contribution in [0.3, 0.4) is 0 Å². The molecule has 0 N–H and O–H groups in total. The van der Waals surface area contributed by atoms with Gasteiger partial charge in [-0.15, -0.1) is 0 Å². The lowest BCUT2D eigenvalue weighted by atomic mass is 9.90. The van der Waals surface area contributed by atoms with Crippen molar-refractivity contribution < 1.29 is 19.1 Å². The van der Waals surface area contributed by atoms with Gasteiger partial charge in [-0.05, 0) is 49.8 Å². The van der Waals surface area contributed by atoms with Gasteiger partial charge in [-0.25, -0.2) is 4.79 Å². The molecule has 1 aliphatic heterocycles. The largest absolute Gasteiger partial charge is 0.462 e. The number of piperidine rings is 1. The Morgan fingerprint density at radius 2 is 1.47 bits per heavy atom. The molecule has 2 aromatic rings. The van der Waals surface area contributed by atoms with Gasteiger partial charge in [0.05, 0.1) is 6.61 Å². The van der Waals surface area contributed by atoms with Crippen LogP contribution >= 0.6 is 15.9 Å². The summed E-state index contributed by atoms with van der Waals surface area (Å²) in [6.07, 6.45) is 3.77. The number of halogens is 1. The van der Waals surface area contributed by atoms with E-state index in [-0.39, 0.29) is 25.4 Å². The predicted molar refractivity (Wildman–Crippen MR) is 131 cm³/mol. The fraction of sp³-hybridized carbons (Fsp3) is 0.462. The normalized spacial score (nSPS) is 15.7. The summed E-state index contributed by atoms with van der Waals surface area (Å²) in [4.78, 5) is 28.2. The molecule has 1 unspecified atom stereocenters. The molecule has 0 aromatic heterocycles. The summed E-state index contributed by atoms with van der Waals surface area (Å²) in [5.41, 5.74) is 0.102. The number of alkyl halides is 1. The zero-order valence-electron chi connectivity index (χ0n) is 19.1. The summed E-state index contributed by atoms with van der Waals surface area (Å²) in [5.74, 6) is 0.865. The molecule has 1 aliphatic rings. The van der Waals surface area contributed by atoms with Crippen molar-refractivity contribution in [2.75, 3.05) is 32.1 Å². The molecular weight excluding hydrogens is 470 g/mol. The summed E-state index contributed by atoms with van der Waals surface area (Å²) in [6, 6.07) is 19.0. The Morgan fingerprint density at radius 1 is 0.906 bits per heavy atom. The summed E-state index contributed by atoms with van der Waals surface area (Å²) < 4.78 is 11.7. The van der Waals surface area contributed by atoms with Crippen LogP contribution in [-0.4, -0.2) is 54.3 Å². The second-order valence-electron chi connectivity index (χ2n) is 7.86. The summed E-state index contributed by atoms with van der Waals surface area (Å²) >= 11 is 2.94. The zero-order chi connectivity index (χ0) is 23.2. The quantitative estimate of drug-likeness (QED) is 0.264. The van der Waals surface area contributed by atoms with Gasteiger partial charge in [0.15, 0.2) is 5.78 Å². The minimum absolute atomic E-state index is 0.151. The third-order valence-electron chi connectivity index (χ3n) is 5.61. The highest BCUT2D eigenvalue weighted by molar-refractivity contribution is 9.08. The fourth-order valence-corrected chi connectivity index (χ4v) is 3.78. The number of rotatable bonds is 10. The Kier molecular flexibility index (Phi) is 11.6. The standard InChI is InChI=1S/C25H31NO4.CH3Br/c1-21(27)25(19-22-11-5-2-6-12-22,30-20-23-13-7-3-8-14-23)24(28)29-18-17-26-15-9-4-10-16-26;1-2/h2-3,5-8,11-14H,4,9-10,15-20H2,1H3;1H3. The summed E-state index contributed by atoms with van der Waals surface area (Å²) in [7, 11) is 0. The van der Waals surface area contributed by atoms with Crippen molar-refractivity contribution in [2.24, 2.45) is 0 Å². The number of hydrogen-bond donors (Lipinski definition) is 0. The lowest BCUT2D eigenvalue weighted by Gasteiger charge is -2.31. The minimum Gasteiger partial charge on any atom is -0.462 e. The van der Waals surface area contributed by atoms with Crippen LogP contribution in [0.4, 0.5) is 0 Å². The van der Waals surface area contributed by atoms with Gasteiger partial charge < -0.3 is 9.47 Å². The molecule has 1 fully saturated rings. The molecular formula is C26H34BrNO4. The Balaban J connectivity index is 0.00000176. The SMILES string of the molecule is CBr.CC(=O)C(Cc1ccccc1)(OCc1ccccc1)C(=O)OCCN1CCCCC1. The van der Waals surface area contributed by atoms with Crippen molar-refractivity contribution in [1.29, 1.82) is 0 Å². The number of Topliss-reactive ketones (excluding diaryl/α,β-unsaturated/α-hetero) is 1. The molecule has 0 aliphatic carbocycles. The number of ether oxygens (including phenoxy) is 2. The van der Waals surface area contributed by atoms with E-state index in [1.165, 1.54) is 26.2 Å². The van der Waals surface area contributed by atoms with Gasteiger partial charge in [0, 0.05) is 13.0 Å². The highest BCUT2D eigenvalue weighted by atomic mass is 79.9. The van der Waals surface area contributed by atoms with Gasteiger partial charge in [0.25, 0.3) is 0 Å². The van der Waals surface area contributed by atoms with Crippen molar-refractivity contribution in [1.82, 2.24) is 4.90 Å². The van der Waals surface area contributed by atoms with Gasteiger partial charge in [0.2, 0.25) is 5.60 Å². The first-order chi connectivity index (χ1) is 15.6. The van der Waals surface area contributed by atoms with Gasteiger partial charge >= 0.3 is 5.97 Å². The molecule has 1 heterocycles. The van der Waals surface area contributed by atoms with Gasteiger partial charge in [-0.1, -0.05) is 83.0 Å². The Bertz CT molecular complexity index is 809. The van der Waals surface area contributed by atoms with E-state index in [1.807, 2.05) is 66.5 Å². The molecule has 5 nitrogen and oxygen atoms in total. The van der Waals surface area contributed by atoms with Crippen molar-refractivity contribution in [3.8, 4) is 0 Å². The highest BCUT2D eigenvalue weighted by Gasteiger charge is 2.46. The van der Waals surface area contributed by atoms with Crippen LogP contribution in [-0.2, 0) is 32.1 Å². The number of carbonyl (C=O) groups excluding carboxylic acids is 2. The molecule has 3 rings (SSSR count). The van der Waals surface area contributed by atoms with E-state index in [0.717, 1.165) is 24.2 Å². The maximum Gasteiger partial charge on any atom is 0.346 e. The van der Waals surface area contributed by atoms with E-state index in [1.54, 1.807) is 0 Å². The fourth-order valence-electron chi connectivity index (χ4n) is 3.78. The van der Waals surface area contributed by atoms with Crippen LogP contribution in [0, 0.1) is 0 Å². The number of nitrogens with zero attached hydrogens (tertiary/aromatic N) is 1. The Morgan fingerprint density at radius 3 is 2.03 bits per heavy atom. The van der Waals surface area contributed by atoms with Crippen LogP contribution in [0.2, 0.25) is 0 Å². The van der Waals surface area contributed by atoms with E-state index in [9.17, 15) is 9.59 Å². The molecule has 1 saturated heterocycles. The molecule has 174 valence electrons. The maximum atomic E-state index is 13.2. The third-order valence-corrected chi connectivity index (χ3v) is 5.61. The summed E-state index contributed by atoms with van der Waals surface area (Å²) in [5, 5.41) is 0. The number of benzene rings is 2. The van der Waals surface area contributed by atoms with Crippen LogP contribution in [0.25, 0.3) is 0 Å². The zero-order valence-corrected chi connectivity index (χ0v) is 20.7. The van der Waals surface area contributed by atoms with Crippen molar-refractivity contribution in [2.45, 2.75) is 44.8 Å². The van der Waals surface area contributed by atoms with Crippen molar-refractivity contribution in [3.05, 3.63) is 71.8 Å². The van der Waals surface area contributed by atoms with E-state index in [4.69, 9.17) is 9.47 Å². The first-order valence-corrected chi connectivity index (χ1v) is 12.7. The molecule has 2 aromatic carbocycles. The van der Waals surface area contributed by atoms with Gasteiger partial charge in [-0.2, -0.15) is 0 Å². The lowest BCUT2D eigenvalue weighted by molar-refractivity contribution is -0.179. The van der Waals surface area contributed by atoms with Crippen molar-refractivity contribution in [3.63, 3.8) is 0 Å². The molecule has 0 bridgehead atoms. The van der Waals surface area contributed by atoms with E-state index < -0.39 is 11.6 Å². The molecule has 0 saturated carbocycles. The smallest absolute Gasteiger partial charge is 0.346 e. The highest BCUT2D eigenvalue weighted by Crippen LogP contribution is 2.24. The number of esters is 1. The van der Waals surface area contributed by atoms with E-state index >= 15 is 0 Å². The molecule has 0 spiro atoms. The monoisotopic (exact) mass is 503 g/mol. The van der Waals surface area contributed by atoms with Crippen molar-refractivity contribution >= 4 is 27.7 Å². The number of ketones is 1. The molecule has 0 radical (unpaired) electrons. The molecule has 0 amide bonds. The predicted octanol–water partition coefficient (Wildman–Crippen LogP) is 4.81. The maximum absolute atomic E-state index is 13.2. The molecule has 1 atom stereocenters. The van der Waals surface area contributed by atoms with Crippen LogP contribution in [0.1, 0.15) is 37.3 Å². The first-order valence-electron chi connectivity index (χ1n) is 11.1. The number of hydrogen-bond acceptors (Lipinski definition) is 5. The molecule has 6 heteroatoms. The van der Waals surface area contributed by atoms with Crippen LogP contribution in [0.5, 0.6) is 0 Å². The van der Waals surface area contributed by atoms with E-state index in [0.29, 0.717) is 6.54 Å². The Labute approximate surface area is 200 Å². The third kappa shape index (κ3) is 7.84. The second-order valence-corrected chi connectivity index (χ2v) is 7.86. The summed E-state index contributed by atoms with van der Waals surface area (Å²) in [6.45, 7) is 4.57. The van der Waals surface area contributed by atoms with Crippen LogP contribution in [0.15, 0.2) is 60.7 Å². The van der Waals surface area contributed by atoms with E-state index in [2.05, 4.69) is 20.8 Å². The average molecular weight is 504 g/mol. The molecule has 32 heavy (non-hydrogen) atoms. The topological polar surface area (TPSA) is 55.8 Å².